The van der Waals surface area contributed by atoms with Gasteiger partial charge in [-0.1, -0.05) is 62.4 Å². The van der Waals surface area contributed by atoms with Gasteiger partial charge in [0, 0.05) is 23.2 Å². The summed E-state index contributed by atoms with van der Waals surface area (Å²) in [4.78, 5) is 26.1. The topological polar surface area (TPSA) is 46.6 Å². The van der Waals surface area contributed by atoms with Crippen molar-refractivity contribution in [1.82, 2.24) is 0 Å². The molecule has 0 unspecified atom stereocenters. The molecule has 0 saturated carbocycles. The number of carbonyl (C=O) groups excluding carboxylic acids is 2. The van der Waals surface area contributed by atoms with E-state index in [1.54, 1.807) is 17.1 Å². The highest BCUT2D eigenvalue weighted by Crippen LogP contribution is 2.23. The first-order chi connectivity index (χ1) is 16.8. The van der Waals surface area contributed by atoms with Gasteiger partial charge in [-0.2, -0.15) is 0 Å². The summed E-state index contributed by atoms with van der Waals surface area (Å²) < 4.78 is 32.3. The van der Waals surface area contributed by atoms with Crippen molar-refractivity contribution < 1.29 is 23.1 Å². The van der Waals surface area contributed by atoms with E-state index in [0.29, 0.717) is 12.2 Å². The molecular weight excluding hydrogens is 448 g/mol. The van der Waals surface area contributed by atoms with Crippen molar-refractivity contribution in [2.45, 2.75) is 20.4 Å². The van der Waals surface area contributed by atoms with Crippen LogP contribution in [0.4, 0.5) is 14.5 Å². The third kappa shape index (κ3) is 6.96. The number of hydrogen-bond donors (Lipinski definition) is 0. The van der Waals surface area contributed by atoms with Gasteiger partial charge in [0.05, 0.1) is 13.7 Å². The van der Waals surface area contributed by atoms with Gasteiger partial charge in [-0.15, -0.1) is 0 Å². The molecule has 0 aliphatic heterocycles. The van der Waals surface area contributed by atoms with Crippen molar-refractivity contribution in [2.24, 2.45) is 5.92 Å². The summed E-state index contributed by atoms with van der Waals surface area (Å²) in [5.74, 6) is -1.97. The van der Waals surface area contributed by atoms with Crippen molar-refractivity contribution in [2.75, 3.05) is 12.0 Å². The molecule has 0 spiro atoms. The Morgan fingerprint density at radius 1 is 0.886 bits per heavy atom. The van der Waals surface area contributed by atoms with E-state index in [2.05, 4.69) is 4.74 Å². The lowest BCUT2D eigenvalue weighted by atomic mass is 10.1. The number of halogens is 2. The fraction of sp³-hybridized carbons (Fsp3) is 0.172. The summed E-state index contributed by atoms with van der Waals surface area (Å²) >= 11 is 0. The number of carbonyl (C=O) groups is 2. The van der Waals surface area contributed by atoms with Gasteiger partial charge in [-0.05, 0) is 53.1 Å². The number of hydrogen-bond acceptors (Lipinski definition) is 3. The standard InChI is InChI=1S/C29H27F2NO3/c1-20(2)29(34)32(24-7-4-6-22(18-24)15-17-28(33)35-3)19-23-12-10-21(11-13-23)14-16-25-26(30)8-5-9-27(25)31/h4-18,20H,19H2,1-3H3/b16-14+,17-15+. The van der Waals surface area contributed by atoms with Crippen LogP contribution >= 0.6 is 0 Å². The maximum Gasteiger partial charge on any atom is 0.330 e. The Hall–Kier alpha value is -4.06. The van der Waals surface area contributed by atoms with Crippen LogP contribution in [0.2, 0.25) is 0 Å². The van der Waals surface area contributed by atoms with Gasteiger partial charge in [0.2, 0.25) is 5.91 Å². The highest BCUT2D eigenvalue weighted by atomic mass is 19.1. The van der Waals surface area contributed by atoms with E-state index in [1.165, 1.54) is 37.5 Å². The molecular formula is C29H27F2NO3. The molecule has 0 heterocycles. The van der Waals surface area contributed by atoms with Crippen LogP contribution in [-0.4, -0.2) is 19.0 Å². The molecule has 0 atom stereocenters. The Morgan fingerprint density at radius 3 is 2.17 bits per heavy atom. The second-order valence-corrected chi connectivity index (χ2v) is 8.24. The van der Waals surface area contributed by atoms with Crippen LogP contribution in [-0.2, 0) is 20.9 Å². The zero-order chi connectivity index (χ0) is 25.4. The number of esters is 1. The monoisotopic (exact) mass is 475 g/mol. The van der Waals surface area contributed by atoms with Crippen molar-refractivity contribution in [3.8, 4) is 0 Å². The van der Waals surface area contributed by atoms with Gasteiger partial charge in [0.15, 0.2) is 0 Å². The maximum absolute atomic E-state index is 13.8. The molecule has 0 aliphatic carbocycles. The van der Waals surface area contributed by atoms with E-state index < -0.39 is 17.6 Å². The highest BCUT2D eigenvalue weighted by Gasteiger charge is 2.19. The van der Waals surface area contributed by atoms with Crippen LogP contribution in [0.3, 0.4) is 0 Å². The molecule has 4 nitrogen and oxygen atoms in total. The Labute approximate surface area is 204 Å². The number of methoxy groups -OCH3 is 1. The first-order valence-corrected chi connectivity index (χ1v) is 11.2. The normalized spacial score (nSPS) is 11.4. The van der Waals surface area contributed by atoms with E-state index in [-0.39, 0.29) is 17.4 Å². The molecule has 35 heavy (non-hydrogen) atoms. The lowest BCUT2D eigenvalue weighted by molar-refractivity contribution is -0.134. The Kier molecular flexibility index (Phi) is 8.68. The number of benzene rings is 3. The van der Waals surface area contributed by atoms with E-state index in [4.69, 9.17) is 0 Å². The number of nitrogens with zero attached hydrogens (tertiary/aromatic N) is 1. The molecule has 180 valence electrons. The molecule has 0 aromatic heterocycles. The number of ether oxygens (including phenoxy) is 1. The third-order valence-electron chi connectivity index (χ3n) is 5.32. The third-order valence-corrected chi connectivity index (χ3v) is 5.32. The van der Waals surface area contributed by atoms with Crippen LogP contribution in [0.5, 0.6) is 0 Å². The summed E-state index contributed by atoms with van der Waals surface area (Å²) in [7, 11) is 1.31. The molecule has 3 aromatic carbocycles. The van der Waals surface area contributed by atoms with Gasteiger partial charge in [-0.3, -0.25) is 4.79 Å². The van der Waals surface area contributed by atoms with E-state index in [9.17, 15) is 18.4 Å². The number of anilines is 1. The van der Waals surface area contributed by atoms with Crippen LogP contribution in [0.1, 0.15) is 36.1 Å². The van der Waals surface area contributed by atoms with Gasteiger partial charge in [-0.25, -0.2) is 13.6 Å². The minimum Gasteiger partial charge on any atom is -0.466 e. The average molecular weight is 476 g/mol. The van der Waals surface area contributed by atoms with E-state index >= 15 is 0 Å². The molecule has 0 bridgehead atoms. The maximum atomic E-state index is 13.8. The molecule has 0 radical (unpaired) electrons. The van der Waals surface area contributed by atoms with E-state index in [0.717, 1.165) is 16.7 Å². The Bertz CT molecular complexity index is 1230. The van der Waals surface area contributed by atoms with Gasteiger partial charge < -0.3 is 9.64 Å². The van der Waals surface area contributed by atoms with Gasteiger partial charge in [0.1, 0.15) is 11.6 Å². The van der Waals surface area contributed by atoms with Crippen molar-refractivity contribution in [1.29, 1.82) is 0 Å². The lowest BCUT2D eigenvalue weighted by Gasteiger charge is -2.25. The number of amides is 1. The summed E-state index contributed by atoms with van der Waals surface area (Å²) in [5, 5.41) is 0. The zero-order valence-electron chi connectivity index (χ0n) is 19.9. The summed E-state index contributed by atoms with van der Waals surface area (Å²) in [6.45, 7) is 4.02. The zero-order valence-corrected chi connectivity index (χ0v) is 19.9. The quantitative estimate of drug-likeness (QED) is 0.212. The lowest BCUT2D eigenvalue weighted by Crippen LogP contribution is -2.33. The summed E-state index contributed by atoms with van der Waals surface area (Å²) in [6, 6.07) is 18.5. The Morgan fingerprint density at radius 2 is 1.54 bits per heavy atom. The molecule has 0 fully saturated rings. The molecule has 6 heteroatoms. The summed E-state index contributed by atoms with van der Waals surface area (Å²) in [6.07, 6.45) is 6.00. The Balaban J connectivity index is 1.82. The van der Waals surface area contributed by atoms with Crippen molar-refractivity contribution in [3.63, 3.8) is 0 Å². The minimum absolute atomic E-state index is 0.0434. The molecule has 1 amide bonds. The molecule has 0 saturated heterocycles. The molecule has 0 aliphatic rings. The molecule has 3 aromatic rings. The summed E-state index contributed by atoms with van der Waals surface area (Å²) in [5.41, 5.74) is 3.04. The first-order valence-electron chi connectivity index (χ1n) is 11.2. The fourth-order valence-electron chi connectivity index (χ4n) is 3.40. The van der Waals surface area contributed by atoms with Gasteiger partial charge in [0.25, 0.3) is 0 Å². The predicted molar refractivity (Wildman–Crippen MR) is 135 cm³/mol. The van der Waals surface area contributed by atoms with Crippen LogP contribution in [0.15, 0.2) is 72.8 Å². The molecule has 3 rings (SSSR count). The average Bonchev–Trinajstić information content (AvgIpc) is 2.86. The van der Waals surface area contributed by atoms with Crippen molar-refractivity contribution >= 4 is 35.8 Å². The van der Waals surface area contributed by atoms with Gasteiger partial charge >= 0.3 is 5.97 Å². The van der Waals surface area contributed by atoms with Crippen LogP contribution in [0.25, 0.3) is 18.2 Å². The van der Waals surface area contributed by atoms with Crippen LogP contribution in [0, 0.1) is 17.6 Å². The first kappa shape index (κ1) is 25.6. The second-order valence-electron chi connectivity index (χ2n) is 8.24. The number of rotatable bonds is 8. The van der Waals surface area contributed by atoms with Crippen molar-refractivity contribution in [3.05, 3.63) is 107 Å². The fourth-order valence-corrected chi connectivity index (χ4v) is 3.40. The predicted octanol–water partition coefficient (Wildman–Crippen LogP) is 6.51. The minimum atomic E-state index is -0.621. The highest BCUT2D eigenvalue weighted by molar-refractivity contribution is 5.95. The molecule has 0 N–H and O–H groups in total. The van der Waals surface area contributed by atoms with Crippen LogP contribution < -0.4 is 4.90 Å². The second kappa shape index (κ2) is 11.9. The largest absolute Gasteiger partial charge is 0.466 e. The SMILES string of the molecule is COC(=O)/C=C/c1cccc(N(Cc2ccc(/C=C/c3c(F)cccc3F)cc2)C(=O)C(C)C)c1. The van der Waals surface area contributed by atoms with E-state index in [1.807, 2.05) is 62.4 Å². The smallest absolute Gasteiger partial charge is 0.330 e.